The summed E-state index contributed by atoms with van der Waals surface area (Å²) in [4.78, 5) is 32.1. The van der Waals surface area contributed by atoms with E-state index in [-0.39, 0.29) is 17.9 Å². The third-order valence-corrected chi connectivity index (χ3v) is 6.39. The molecule has 37 heavy (non-hydrogen) atoms. The molecule has 184 valence electrons. The first-order chi connectivity index (χ1) is 18.0. The number of ketones is 1. The van der Waals surface area contributed by atoms with Gasteiger partial charge in [-0.1, -0.05) is 72.3 Å². The molecule has 0 saturated carbocycles. The van der Waals surface area contributed by atoms with E-state index in [1.165, 1.54) is 4.90 Å². The highest BCUT2D eigenvalue weighted by molar-refractivity contribution is 6.46. The second kappa shape index (κ2) is 10.5. The number of hydrogen-bond donors (Lipinski definition) is 1. The number of pyridine rings is 1. The smallest absolute Gasteiger partial charge is 0.295 e. The van der Waals surface area contributed by atoms with E-state index < -0.39 is 17.7 Å². The van der Waals surface area contributed by atoms with Crippen LogP contribution >= 0.6 is 0 Å². The molecule has 4 aromatic rings. The molecule has 3 aromatic carbocycles. The van der Waals surface area contributed by atoms with Crippen LogP contribution in [0.15, 0.2) is 109 Å². The van der Waals surface area contributed by atoms with Crippen LogP contribution in [0.5, 0.6) is 5.75 Å². The predicted octanol–water partition coefficient (Wildman–Crippen LogP) is 5.59. The first kappa shape index (κ1) is 24.0. The van der Waals surface area contributed by atoms with Gasteiger partial charge >= 0.3 is 0 Å². The lowest BCUT2D eigenvalue weighted by Gasteiger charge is -2.26. The summed E-state index contributed by atoms with van der Waals surface area (Å²) < 4.78 is 6.02. The zero-order valence-electron chi connectivity index (χ0n) is 20.4. The number of aliphatic hydroxyl groups excluding tert-OH is 1. The number of aryl methyl sites for hydroxylation is 1. The van der Waals surface area contributed by atoms with Gasteiger partial charge in [0.25, 0.3) is 11.7 Å². The van der Waals surface area contributed by atoms with E-state index in [0.29, 0.717) is 23.5 Å². The first-order valence-corrected chi connectivity index (χ1v) is 12.0. The molecule has 6 heteroatoms. The van der Waals surface area contributed by atoms with Gasteiger partial charge in [0.2, 0.25) is 0 Å². The van der Waals surface area contributed by atoms with Gasteiger partial charge in [-0.2, -0.15) is 0 Å². The molecule has 1 saturated heterocycles. The van der Waals surface area contributed by atoms with Crippen LogP contribution in [0.25, 0.3) is 5.76 Å². The van der Waals surface area contributed by atoms with E-state index >= 15 is 0 Å². The lowest BCUT2D eigenvalue weighted by molar-refractivity contribution is -0.140. The fraction of sp³-hybridized carbons (Fsp3) is 0.129. The molecule has 1 amide bonds. The van der Waals surface area contributed by atoms with Crippen LogP contribution in [-0.2, 0) is 22.7 Å². The van der Waals surface area contributed by atoms with Gasteiger partial charge in [-0.25, -0.2) is 0 Å². The molecule has 2 heterocycles. The van der Waals surface area contributed by atoms with Crippen LogP contribution in [0.4, 0.5) is 0 Å². The molecule has 1 aliphatic rings. The second-order valence-corrected chi connectivity index (χ2v) is 9.00. The Kier molecular flexibility index (Phi) is 6.81. The molecule has 1 atom stereocenters. The van der Waals surface area contributed by atoms with Crippen molar-refractivity contribution in [1.82, 2.24) is 9.88 Å². The van der Waals surface area contributed by atoms with Crippen molar-refractivity contribution in [2.24, 2.45) is 0 Å². The average Bonchev–Trinajstić information content (AvgIpc) is 3.18. The Balaban J connectivity index is 1.56. The molecule has 6 nitrogen and oxygen atoms in total. The van der Waals surface area contributed by atoms with Gasteiger partial charge in [0.1, 0.15) is 18.1 Å². The van der Waals surface area contributed by atoms with Crippen molar-refractivity contribution < 1.29 is 19.4 Å². The molecule has 1 N–H and O–H groups in total. The summed E-state index contributed by atoms with van der Waals surface area (Å²) in [5.41, 5.74) is 4.09. The van der Waals surface area contributed by atoms with Crippen molar-refractivity contribution in [2.75, 3.05) is 0 Å². The number of carbonyl (C=O) groups excluding carboxylic acids is 2. The number of aliphatic hydroxyl groups is 1. The quantitative estimate of drug-likeness (QED) is 0.208. The molecule has 0 spiro atoms. The molecule has 1 unspecified atom stereocenters. The number of hydrogen-bond acceptors (Lipinski definition) is 5. The molecule has 0 aliphatic carbocycles. The van der Waals surface area contributed by atoms with Crippen LogP contribution in [-0.4, -0.2) is 26.7 Å². The van der Waals surface area contributed by atoms with Crippen molar-refractivity contribution in [1.29, 1.82) is 0 Å². The van der Waals surface area contributed by atoms with Gasteiger partial charge in [-0.05, 0) is 47.9 Å². The minimum Gasteiger partial charge on any atom is -0.507 e. The zero-order chi connectivity index (χ0) is 25.8. The molecular formula is C31H26N2O4. The second-order valence-electron chi connectivity index (χ2n) is 9.00. The SMILES string of the molecule is Cc1ccc(C(O)=C2C(=O)C(=O)N(Cc3ccncc3)C2c2cccc(OCc3ccccc3)c2)cc1. The Hall–Kier alpha value is -4.71. The highest BCUT2D eigenvalue weighted by Gasteiger charge is 2.46. The van der Waals surface area contributed by atoms with E-state index in [9.17, 15) is 14.7 Å². The van der Waals surface area contributed by atoms with Crippen molar-refractivity contribution >= 4 is 17.4 Å². The monoisotopic (exact) mass is 490 g/mol. The first-order valence-electron chi connectivity index (χ1n) is 12.0. The highest BCUT2D eigenvalue weighted by Crippen LogP contribution is 2.41. The number of benzene rings is 3. The summed E-state index contributed by atoms with van der Waals surface area (Å²) in [6, 6.07) is 27.2. The summed E-state index contributed by atoms with van der Waals surface area (Å²) in [5.74, 6) is -0.971. The maximum absolute atomic E-state index is 13.3. The van der Waals surface area contributed by atoms with E-state index in [0.717, 1.165) is 16.7 Å². The maximum Gasteiger partial charge on any atom is 0.295 e. The highest BCUT2D eigenvalue weighted by atomic mass is 16.5. The topological polar surface area (TPSA) is 79.7 Å². The van der Waals surface area contributed by atoms with Gasteiger partial charge in [-0.3, -0.25) is 14.6 Å². The minimum atomic E-state index is -0.783. The summed E-state index contributed by atoms with van der Waals surface area (Å²) in [5, 5.41) is 11.3. The third kappa shape index (κ3) is 5.14. The average molecular weight is 491 g/mol. The number of Topliss-reactive ketones (excluding diaryl/α,β-unsaturated/α-hetero) is 1. The molecule has 5 rings (SSSR count). The number of aromatic nitrogens is 1. The van der Waals surface area contributed by atoms with Gasteiger partial charge in [0.15, 0.2) is 0 Å². The Morgan fingerprint density at radius 1 is 0.892 bits per heavy atom. The summed E-state index contributed by atoms with van der Waals surface area (Å²) >= 11 is 0. The van der Waals surface area contributed by atoms with E-state index in [4.69, 9.17) is 4.74 Å². The summed E-state index contributed by atoms with van der Waals surface area (Å²) in [6.07, 6.45) is 3.29. The van der Waals surface area contributed by atoms with Crippen LogP contribution in [0.2, 0.25) is 0 Å². The van der Waals surface area contributed by atoms with Gasteiger partial charge in [0, 0.05) is 24.5 Å². The molecule has 1 aromatic heterocycles. The van der Waals surface area contributed by atoms with Gasteiger partial charge < -0.3 is 14.7 Å². The van der Waals surface area contributed by atoms with Crippen LogP contribution < -0.4 is 4.74 Å². The Morgan fingerprint density at radius 3 is 2.35 bits per heavy atom. The number of nitrogens with zero attached hydrogens (tertiary/aromatic N) is 2. The Labute approximate surface area is 215 Å². The van der Waals surface area contributed by atoms with Crippen molar-refractivity contribution in [2.45, 2.75) is 26.1 Å². The Morgan fingerprint density at radius 2 is 1.62 bits per heavy atom. The number of likely N-dealkylation sites (tertiary alicyclic amines) is 1. The van der Waals surface area contributed by atoms with Crippen LogP contribution in [0.1, 0.15) is 33.9 Å². The number of amides is 1. The third-order valence-electron chi connectivity index (χ3n) is 6.39. The fourth-order valence-corrected chi connectivity index (χ4v) is 4.46. The van der Waals surface area contributed by atoms with Gasteiger partial charge in [0.05, 0.1) is 11.6 Å². The zero-order valence-corrected chi connectivity index (χ0v) is 20.4. The molecule has 0 bridgehead atoms. The van der Waals surface area contributed by atoms with Crippen molar-refractivity contribution in [3.8, 4) is 5.75 Å². The fourth-order valence-electron chi connectivity index (χ4n) is 4.46. The van der Waals surface area contributed by atoms with E-state index in [1.54, 1.807) is 36.7 Å². The number of carbonyl (C=O) groups is 2. The normalized spacial score (nSPS) is 16.7. The summed E-state index contributed by atoms with van der Waals surface area (Å²) in [6.45, 7) is 2.51. The number of ether oxygens (including phenoxy) is 1. The lowest BCUT2D eigenvalue weighted by atomic mass is 9.94. The van der Waals surface area contributed by atoms with E-state index in [1.807, 2.05) is 73.7 Å². The van der Waals surface area contributed by atoms with Crippen molar-refractivity contribution in [3.05, 3.63) is 137 Å². The lowest BCUT2D eigenvalue weighted by Crippen LogP contribution is -2.29. The van der Waals surface area contributed by atoms with E-state index in [2.05, 4.69) is 4.98 Å². The van der Waals surface area contributed by atoms with Crippen molar-refractivity contribution in [3.63, 3.8) is 0 Å². The van der Waals surface area contributed by atoms with Crippen LogP contribution in [0, 0.1) is 6.92 Å². The Bertz CT molecular complexity index is 1450. The molecule has 1 fully saturated rings. The molecular weight excluding hydrogens is 464 g/mol. The van der Waals surface area contributed by atoms with Crippen LogP contribution in [0.3, 0.4) is 0 Å². The predicted molar refractivity (Wildman–Crippen MR) is 140 cm³/mol. The maximum atomic E-state index is 13.3. The standard InChI is InChI=1S/C31H26N2O4/c1-21-10-12-24(13-11-21)29(34)27-28(33(31(36)30(27)35)19-22-14-16-32-17-15-22)25-8-5-9-26(18-25)37-20-23-6-3-2-4-7-23/h2-18,28,34H,19-20H2,1H3. The minimum absolute atomic E-state index is 0.0584. The largest absolute Gasteiger partial charge is 0.507 e. The number of rotatable bonds is 7. The molecule has 0 radical (unpaired) electrons. The summed E-state index contributed by atoms with van der Waals surface area (Å²) in [7, 11) is 0. The molecule has 1 aliphatic heterocycles. The van der Waals surface area contributed by atoms with Gasteiger partial charge in [-0.15, -0.1) is 0 Å².